The number of anilines is 10. The summed E-state index contributed by atoms with van der Waals surface area (Å²) >= 11 is 0. The average molecular weight is 750 g/mol. The molecule has 0 radical (unpaired) electrons. The zero-order chi connectivity index (χ0) is 39.8. The summed E-state index contributed by atoms with van der Waals surface area (Å²) in [4.78, 5) is 13.3. The van der Waals surface area contributed by atoms with Crippen molar-refractivity contribution in [3.8, 4) is 5.69 Å². The smallest absolute Gasteiger partial charge is 0.0542 e. The molecule has 8 aromatic rings. The first-order valence-corrected chi connectivity index (χ1v) is 19.4. The van der Waals surface area contributed by atoms with E-state index >= 15 is 0 Å². The molecule has 57 heavy (non-hydrogen) atoms. The Morgan fingerprint density at radius 2 is 0.544 bits per heavy atom. The highest BCUT2D eigenvalue weighted by Gasteiger charge is 2.20. The molecule has 8 rings (SSSR count). The number of aromatic nitrogens is 1. The Bertz CT molecular complexity index is 2340. The van der Waals surface area contributed by atoms with Gasteiger partial charge in [-0.3, -0.25) is 0 Å². The second-order valence-electron chi connectivity index (χ2n) is 15.4. The predicted octanol–water partition coefficient (Wildman–Crippen LogP) is 12.0. The molecular formula is C50H51N7. The van der Waals surface area contributed by atoms with Gasteiger partial charge in [-0.1, -0.05) is 18.2 Å². The van der Waals surface area contributed by atoms with Gasteiger partial charge in [0, 0.05) is 130 Å². The maximum Gasteiger partial charge on any atom is 0.0542 e. The molecule has 0 spiro atoms. The standard InChI is InChI=1S/C50H51N7/c1-51(2)36-14-22-41(23-15-36)55(42-24-16-37(17-25-42)52(3)4)45-30-32-49-47(34-45)48-35-46(31-33-50(48)57(49)40-12-10-9-11-13-40)56(43-26-18-38(19-27-43)53(5)6)44-28-20-39(21-29-44)54(7)8/h9-35H,1-8H3. The van der Waals surface area contributed by atoms with Crippen LogP contribution in [0.4, 0.5) is 56.9 Å². The minimum atomic E-state index is 1.09. The van der Waals surface area contributed by atoms with Crippen LogP contribution in [0.2, 0.25) is 0 Å². The fourth-order valence-electron chi connectivity index (χ4n) is 7.63. The van der Waals surface area contributed by atoms with E-state index in [1.165, 1.54) is 10.8 Å². The highest BCUT2D eigenvalue weighted by molar-refractivity contribution is 6.12. The van der Waals surface area contributed by atoms with Crippen molar-refractivity contribution in [3.63, 3.8) is 0 Å². The van der Waals surface area contributed by atoms with Gasteiger partial charge in [0.15, 0.2) is 0 Å². The van der Waals surface area contributed by atoms with Gasteiger partial charge in [0.25, 0.3) is 0 Å². The SMILES string of the molecule is CN(C)c1ccc(N(c2ccc(N(C)C)cc2)c2ccc3c(c2)c2cc(N(c4ccc(N(C)C)cc4)c4ccc(N(C)C)cc4)ccc2n3-c2ccccc2)cc1. The van der Waals surface area contributed by atoms with E-state index in [0.717, 1.165) is 73.6 Å². The molecule has 7 heteroatoms. The van der Waals surface area contributed by atoms with Crippen molar-refractivity contribution >= 4 is 78.7 Å². The number of rotatable bonds is 11. The normalized spacial score (nSPS) is 11.2. The first kappa shape index (κ1) is 37.1. The molecule has 0 atom stereocenters. The summed E-state index contributed by atoms with van der Waals surface area (Å²) in [5.74, 6) is 0. The van der Waals surface area contributed by atoms with E-state index in [1.807, 2.05) is 0 Å². The Balaban J connectivity index is 1.35. The number of fused-ring (bicyclic) bond motifs is 3. The molecule has 0 aliphatic carbocycles. The van der Waals surface area contributed by atoms with Gasteiger partial charge in [-0.2, -0.15) is 0 Å². The van der Waals surface area contributed by atoms with Crippen molar-refractivity contribution in [1.29, 1.82) is 0 Å². The van der Waals surface area contributed by atoms with Crippen molar-refractivity contribution in [1.82, 2.24) is 4.57 Å². The number of benzene rings is 7. The van der Waals surface area contributed by atoms with Crippen molar-refractivity contribution in [2.45, 2.75) is 0 Å². The minimum absolute atomic E-state index is 1.09. The Hall–Kier alpha value is -6.86. The first-order valence-electron chi connectivity index (χ1n) is 19.4. The third-order valence-electron chi connectivity index (χ3n) is 10.8. The maximum absolute atomic E-state index is 2.39. The zero-order valence-corrected chi connectivity index (χ0v) is 34.2. The van der Waals surface area contributed by atoms with Crippen LogP contribution in [0.25, 0.3) is 27.5 Å². The quantitative estimate of drug-likeness (QED) is 0.131. The lowest BCUT2D eigenvalue weighted by Crippen LogP contribution is -2.13. The zero-order valence-electron chi connectivity index (χ0n) is 34.2. The van der Waals surface area contributed by atoms with Crippen LogP contribution in [0, 0.1) is 0 Å². The monoisotopic (exact) mass is 749 g/mol. The third kappa shape index (κ3) is 7.20. The summed E-state index contributed by atoms with van der Waals surface area (Å²) < 4.78 is 2.39. The highest BCUT2D eigenvalue weighted by Crippen LogP contribution is 2.43. The molecule has 7 aromatic carbocycles. The molecule has 0 N–H and O–H groups in total. The summed E-state index contributed by atoms with van der Waals surface area (Å²) in [6.07, 6.45) is 0. The fraction of sp³-hybridized carbons (Fsp3) is 0.160. The van der Waals surface area contributed by atoms with Gasteiger partial charge >= 0.3 is 0 Å². The fourth-order valence-corrected chi connectivity index (χ4v) is 7.63. The summed E-state index contributed by atoms with van der Waals surface area (Å²) in [6, 6.07) is 59.7. The molecule has 1 heterocycles. The van der Waals surface area contributed by atoms with Gasteiger partial charge in [-0.25, -0.2) is 0 Å². The van der Waals surface area contributed by atoms with Crippen LogP contribution >= 0.6 is 0 Å². The average Bonchev–Trinajstić information content (AvgIpc) is 3.55. The van der Waals surface area contributed by atoms with Gasteiger partial charge in [0.1, 0.15) is 0 Å². The van der Waals surface area contributed by atoms with Gasteiger partial charge in [0.05, 0.1) is 11.0 Å². The van der Waals surface area contributed by atoms with E-state index in [-0.39, 0.29) is 0 Å². The van der Waals surface area contributed by atoms with E-state index in [0.29, 0.717) is 0 Å². The van der Waals surface area contributed by atoms with E-state index in [1.54, 1.807) is 0 Å². The Kier molecular flexibility index (Phi) is 9.98. The van der Waals surface area contributed by atoms with Gasteiger partial charge in [-0.15, -0.1) is 0 Å². The molecule has 0 unspecified atom stereocenters. The Morgan fingerprint density at radius 3 is 0.825 bits per heavy atom. The number of para-hydroxylation sites is 1. The van der Waals surface area contributed by atoms with Crippen LogP contribution in [0.1, 0.15) is 0 Å². The Morgan fingerprint density at radius 1 is 0.281 bits per heavy atom. The maximum atomic E-state index is 2.39. The molecule has 0 amide bonds. The van der Waals surface area contributed by atoms with E-state index in [9.17, 15) is 0 Å². The topological polar surface area (TPSA) is 24.4 Å². The molecule has 0 bridgehead atoms. The molecule has 0 aliphatic rings. The largest absolute Gasteiger partial charge is 0.378 e. The van der Waals surface area contributed by atoms with Crippen LogP contribution in [-0.2, 0) is 0 Å². The highest BCUT2D eigenvalue weighted by atomic mass is 15.2. The van der Waals surface area contributed by atoms with Crippen molar-refractivity contribution in [3.05, 3.63) is 164 Å². The third-order valence-corrected chi connectivity index (χ3v) is 10.8. The second kappa shape index (κ2) is 15.3. The number of hydrogen-bond acceptors (Lipinski definition) is 6. The second-order valence-corrected chi connectivity index (χ2v) is 15.4. The van der Waals surface area contributed by atoms with Crippen LogP contribution in [-0.4, -0.2) is 60.9 Å². The predicted molar refractivity (Wildman–Crippen MR) is 247 cm³/mol. The van der Waals surface area contributed by atoms with E-state index in [4.69, 9.17) is 0 Å². The minimum Gasteiger partial charge on any atom is -0.378 e. The van der Waals surface area contributed by atoms with Crippen molar-refractivity contribution in [2.24, 2.45) is 0 Å². The van der Waals surface area contributed by atoms with Gasteiger partial charge in [0.2, 0.25) is 0 Å². The molecule has 0 aliphatic heterocycles. The molecule has 0 saturated carbocycles. The molecule has 0 fully saturated rings. The van der Waals surface area contributed by atoms with Crippen molar-refractivity contribution < 1.29 is 0 Å². The van der Waals surface area contributed by atoms with Gasteiger partial charge < -0.3 is 34.0 Å². The lowest BCUT2D eigenvalue weighted by atomic mass is 10.1. The molecular weight excluding hydrogens is 699 g/mol. The summed E-state index contributed by atoms with van der Waals surface area (Å²) in [6.45, 7) is 0. The number of hydrogen-bond donors (Lipinski definition) is 0. The van der Waals surface area contributed by atoms with Crippen LogP contribution in [0.3, 0.4) is 0 Å². The van der Waals surface area contributed by atoms with Gasteiger partial charge in [-0.05, 0) is 146 Å². The van der Waals surface area contributed by atoms with E-state index < -0.39 is 0 Å². The molecule has 286 valence electrons. The number of nitrogens with zero attached hydrogens (tertiary/aromatic N) is 7. The lowest BCUT2D eigenvalue weighted by Gasteiger charge is -2.27. The van der Waals surface area contributed by atoms with Crippen LogP contribution in [0.15, 0.2) is 164 Å². The van der Waals surface area contributed by atoms with Crippen LogP contribution in [0.5, 0.6) is 0 Å². The van der Waals surface area contributed by atoms with Crippen LogP contribution < -0.4 is 29.4 Å². The molecule has 0 saturated heterocycles. The summed E-state index contributed by atoms with van der Waals surface area (Å²) in [5.41, 5.74) is 14.6. The van der Waals surface area contributed by atoms with Crippen molar-refractivity contribution in [2.75, 3.05) is 85.8 Å². The van der Waals surface area contributed by atoms with E-state index in [2.05, 4.69) is 254 Å². The Labute approximate surface area is 337 Å². The summed E-state index contributed by atoms with van der Waals surface area (Å²) in [5, 5.41) is 2.36. The lowest BCUT2D eigenvalue weighted by molar-refractivity contribution is 1.13. The first-order chi connectivity index (χ1) is 27.6. The molecule has 1 aromatic heterocycles. The molecule has 7 nitrogen and oxygen atoms in total. The summed E-state index contributed by atoms with van der Waals surface area (Å²) in [7, 11) is 16.6.